The van der Waals surface area contributed by atoms with Crippen LogP contribution in [0.4, 0.5) is 5.69 Å². The van der Waals surface area contributed by atoms with Gasteiger partial charge in [-0.05, 0) is 32.2 Å². The molecule has 1 aromatic carbocycles. The van der Waals surface area contributed by atoms with Crippen LogP contribution < -0.4 is 5.73 Å². The van der Waals surface area contributed by atoms with E-state index in [1.165, 1.54) is 11.3 Å². The van der Waals surface area contributed by atoms with E-state index < -0.39 is 0 Å². The minimum atomic E-state index is 0.0322. The number of nitrogen functional groups attached to an aromatic ring is 1. The number of carbonyl (C=O) groups is 1. The van der Waals surface area contributed by atoms with Crippen molar-refractivity contribution in [3.05, 3.63) is 28.1 Å². The molecule has 1 aliphatic heterocycles. The van der Waals surface area contributed by atoms with Gasteiger partial charge in [0.05, 0.1) is 5.69 Å². The third-order valence-corrected chi connectivity index (χ3v) is 5.54. The zero-order valence-electron chi connectivity index (χ0n) is 12.1. The van der Waals surface area contributed by atoms with E-state index in [2.05, 4.69) is 18.9 Å². The second kappa shape index (κ2) is 5.48. The van der Waals surface area contributed by atoms with Gasteiger partial charge in [-0.1, -0.05) is 11.6 Å². The van der Waals surface area contributed by atoms with E-state index >= 15 is 0 Å². The monoisotopic (exact) mass is 323 g/mol. The Balaban J connectivity index is 1.93. The van der Waals surface area contributed by atoms with Crippen LogP contribution in [0.1, 0.15) is 16.6 Å². The first-order valence-electron chi connectivity index (χ1n) is 6.94. The molecule has 0 saturated carbocycles. The number of halogens is 1. The summed E-state index contributed by atoms with van der Waals surface area (Å²) in [5.41, 5.74) is 6.72. The van der Waals surface area contributed by atoms with Gasteiger partial charge in [-0.15, -0.1) is 11.3 Å². The highest BCUT2D eigenvalue weighted by atomic mass is 35.5. The fourth-order valence-electron chi connectivity index (χ4n) is 2.62. The molecule has 1 unspecified atom stereocenters. The molecule has 0 spiro atoms. The second-order valence-corrected chi connectivity index (χ2v) is 7.05. The number of thiophene rings is 1. The van der Waals surface area contributed by atoms with Crippen LogP contribution in [0.15, 0.2) is 18.2 Å². The third kappa shape index (κ3) is 2.61. The molecule has 0 radical (unpaired) electrons. The van der Waals surface area contributed by atoms with Crippen LogP contribution in [0.3, 0.4) is 0 Å². The zero-order valence-corrected chi connectivity index (χ0v) is 13.7. The predicted octanol–water partition coefficient (Wildman–Crippen LogP) is 2.91. The van der Waals surface area contributed by atoms with Gasteiger partial charge in [-0.25, -0.2) is 0 Å². The number of hydrogen-bond donors (Lipinski definition) is 1. The molecule has 2 heterocycles. The average Bonchev–Trinajstić information content (AvgIpc) is 2.78. The smallest absolute Gasteiger partial charge is 0.266 e. The molecule has 1 saturated heterocycles. The van der Waals surface area contributed by atoms with Gasteiger partial charge in [0.2, 0.25) is 0 Å². The van der Waals surface area contributed by atoms with Gasteiger partial charge < -0.3 is 15.5 Å². The van der Waals surface area contributed by atoms with Crippen molar-refractivity contribution in [2.24, 2.45) is 0 Å². The van der Waals surface area contributed by atoms with E-state index in [1.807, 2.05) is 23.1 Å². The Labute approximate surface area is 133 Å². The Hall–Kier alpha value is -1.30. The first-order valence-corrected chi connectivity index (χ1v) is 8.14. The summed E-state index contributed by atoms with van der Waals surface area (Å²) >= 11 is 7.46. The summed E-state index contributed by atoms with van der Waals surface area (Å²) in [6, 6.07) is 5.94. The summed E-state index contributed by atoms with van der Waals surface area (Å²) in [5.74, 6) is 0.0322. The first-order chi connectivity index (χ1) is 9.97. The molecule has 3 rings (SSSR count). The molecule has 4 nitrogen and oxygen atoms in total. The molecule has 1 aliphatic rings. The quantitative estimate of drug-likeness (QED) is 0.878. The van der Waals surface area contributed by atoms with Crippen LogP contribution in [0, 0.1) is 0 Å². The number of carbonyl (C=O) groups excluding carboxylic acids is 1. The highest BCUT2D eigenvalue weighted by molar-refractivity contribution is 7.21. The van der Waals surface area contributed by atoms with Gasteiger partial charge in [0.15, 0.2) is 0 Å². The number of likely N-dealkylation sites (N-methyl/N-ethyl adjacent to an activating group) is 1. The lowest BCUT2D eigenvalue weighted by atomic mass is 10.2. The lowest BCUT2D eigenvalue weighted by Crippen LogP contribution is -2.51. The fourth-order valence-corrected chi connectivity index (χ4v) is 3.87. The van der Waals surface area contributed by atoms with Crippen LogP contribution in [0.2, 0.25) is 5.02 Å². The molecule has 2 aromatic rings. The lowest BCUT2D eigenvalue weighted by Gasteiger charge is -2.37. The van der Waals surface area contributed by atoms with Crippen molar-refractivity contribution in [2.75, 3.05) is 32.4 Å². The third-order valence-electron chi connectivity index (χ3n) is 4.13. The van der Waals surface area contributed by atoms with Crippen molar-refractivity contribution >= 4 is 44.6 Å². The van der Waals surface area contributed by atoms with Gasteiger partial charge in [-0.3, -0.25) is 4.79 Å². The number of amides is 1. The molecular weight excluding hydrogens is 306 g/mol. The largest absolute Gasteiger partial charge is 0.397 e. The Bertz CT molecular complexity index is 700. The average molecular weight is 324 g/mol. The number of nitrogens with zero attached hydrogens (tertiary/aromatic N) is 2. The molecule has 0 aliphatic carbocycles. The zero-order chi connectivity index (χ0) is 15.1. The Morgan fingerprint density at radius 1 is 1.43 bits per heavy atom. The lowest BCUT2D eigenvalue weighted by molar-refractivity contribution is 0.0578. The summed E-state index contributed by atoms with van der Waals surface area (Å²) in [7, 11) is 2.09. The van der Waals surface area contributed by atoms with Crippen molar-refractivity contribution in [3.8, 4) is 0 Å². The fraction of sp³-hybridized carbons (Fsp3) is 0.400. The maximum absolute atomic E-state index is 12.7. The Morgan fingerprint density at radius 2 is 2.19 bits per heavy atom. The van der Waals surface area contributed by atoms with Crippen LogP contribution in [-0.2, 0) is 0 Å². The Kier molecular flexibility index (Phi) is 3.82. The molecule has 0 bridgehead atoms. The van der Waals surface area contributed by atoms with E-state index in [9.17, 15) is 4.79 Å². The van der Waals surface area contributed by atoms with Crippen molar-refractivity contribution < 1.29 is 4.79 Å². The van der Waals surface area contributed by atoms with E-state index in [-0.39, 0.29) is 5.91 Å². The molecule has 2 N–H and O–H groups in total. The van der Waals surface area contributed by atoms with Crippen LogP contribution in [0.25, 0.3) is 10.1 Å². The minimum Gasteiger partial charge on any atom is -0.397 e. The van der Waals surface area contributed by atoms with Gasteiger partial charge in [0.1, 0.15) is 4.88 Å². The summed E-state index contributed by atoms with van der Waals surface area (Å²) in [5, 5.41) is 1.51. The molecule has 1 aromatic heterocycles. The van der Waals surface area contributed by atoms with Crippen LogP contribution >= 0.6 is 22.9 Å². The summed E-state index contributed by atoms with van der Waals surface area (Å²) in [6.07, 6.45) is 0. The number of hydrogen-bond acceptors (Lipinski definition) is 4. The summed E-state index contributed by atoms with van der Waals surface area (Å²) in [6.45, 7) is 4.51. The first kappa shape index (κ1) is 14.6. The molecule has 21 heavy (non-hydrogen) atoms. The molecule has 112 valence electrons. The van der Waals surface area contributed by atoms with Gasteiger partial charge in [0.25, 0.3) is 5.91 Å². The van der Waals surface area contributed by atoms with E-state index in [4.69, 9.17) is 17.3 Å². The van der Waals surface area contributed by atoms with Gasteiger partial charge in [0, 0.05) is 40.8 Å². The number of nitrogens with two attached hydrogens (primary N) is 1. The van der Waals surface area contributed by atoms with Crippen LogP contribution in [-0.4, -0.2) is 48.4 Å². The van der Waals surface area contributed by atoms with E-state index in [0.717, 1.165) is 29.7 Å². The van der Waals surface area contributed by atoms with Crippen molar-refractivity contribution in [2.45, 2.75) is 13.0 Å². The maximum atomic E-state index is 12.7. The van der Waals surface area contributed by atoms with E-state index in [1.54, 1.807) is 0 Å². The number of piperazine rings is 1. The predicted molar refractivity (Wildman–Crippen MR) is 89.2 cm³/mol. The van der Waals surface area contributed by atoms with Gasteiger partial charge >= 0.3 is 0 Å². The number of rotatable bonds is 1. The number of fused-ring (bicyclic) bond motifs is 1. The maximum Gasteiger partial charge on any atom is 0.266 e. The molecule has 1 amide bonds. The molecule has 6 heteroatoms. The number of anilines is 1. The van der Waals surface area contributed by atoms with Crippen LogP contribution in [0.5, 0.6) is 0 Å². The second-order valence-electron chi connectivity index (χ2n) is 5.57. The van der Waals surface area contributed by atoms with Crippen molar-refractivity contribution in [1.82, 2.24) is 9.80 Å². The standard InChI is InChI=1S/C15H18ClN3OS/c1-9-8-19(6-5-18(9)2)15(20)14-13(17)11-7-10(16)3-4-12(11)21-14/h3-4,7,9H,5-6,8,17H2,1-2H3. The Morgan fingerprint density at radius 3 is 2.90 bits per heavy atom. The van der Waals surface area contributed by atoms with E-state index in [0.29, 0.717) is 21.6 Å². The highest BCUT2D eigenvalue weighted by Crippen LogP contribution is 2.36. The van der Waals surface area contributed by atoms with Gasteiger partial charge in [-0.2, -0.15) is 0 Å². The topological polar surface area (TPSA) is 49.6 Å². The van der Waals surface area contributed by atoms with Crippen molar-refractivity contribution in [1.29, 1.82) is 0 Å². The minimum absolute atomic E-state index is 0.0322. The van der Waals surface area contributed by atoms with Crippen molar-refractivity contribution in [3.63, 3.8) is 0 Å². The summed E-state index contributed by atoms with van der Waals surface area (Å²) < 4.78 is 1.00. The molecule has 1 fully saturated rings. The summed E-state index contributed by atoms with van der Waals surface area (Å²) in [4.78, 5) is 17.5. The highest BCUT2D eigenvalue weighted by Gasteiger charge is 2.27. The molecule has 1 atom stereocenters. The SMILES string of the molecule is CC1CN(C(=O)c2sc3ccc(Cl)cc3c2N)CCN1C. The molecular formula is C15H18ClN3OS. The number of benzene rings is 1. The normalized spacial score (nSPS) is 20.1.